The van der Waals surface area contributed by atoms with Crippen LogP contribution in [0, 0.1) is 5.41 Å². The van der Waals surface area contributed by atoms with Crippen LogP contribution in [0.2, 0.25) is 0 Å². The van der Waals surface area contributed by atoms with Crippen molar-refractivity contribution < 1.29 is 23.7 Å². The normalized spacial score (nSPS) is 16.6. The van der Waals surface area contributed by atoms with Crippen molar-refractivity contribution in [1.29, 1.82) is 0 Å². The van der Waals surface area contributed by atoms with Crippen LogP contribution in [0.25, 0.3) is 0 Å². The van der Waals surface area contributed by atoms with Crippen molar-refractivity contribution in [3.05, 3.63) is 47.5 Å². The second-order valence-corrected chi connectivity index (χ2v) is 7.72. The molecule has 7 heteroatoms. The third kappa shape index (κ3) is 3.60. The number of ether oxygens (including phenoxy) is 4. The van der Waals surface area contributed by atoms with Crippen LogP contribution in [0.1, 0.15) is 25.0 Å². The molecule has 7 nitrogen and oxygen atoms in total. The average molecular weight is 396 g/mol. The standard InChI is InChI=1S/C22H24N2O5/c1-22(2)12-24(20(25)10-14-5-7-17-19(9-14)29-13-28-17)23-21(22)15-6-8-16(26-3)18(11-15)27-4/h5-9,11H,10,12-13H2,1-4H3. The minimum atomic E-state index is -0.288. The van der Waals surface area contributed by atoms with Crippen molar-refractivity contribution in [3.8, 4) is 23.0 Å². The zero-order chi connectivity index (χ0) is 20.6. The van der Waals surface area contributed by atoms with Gasteiger partial charge in [0.25, 0.3) is 0 Å². The summed E-state index contributed by atoms with van der Waals surface area (Å²) in [6.45, 7) is 4.89. The molecule has 0 saturated carbocycles. The molecule has 0 atom stereocenters. The van der Waals surface area contributed by atoms with Crippen LogP contribution in [0.5, 0.6) is 23.0 Å². The molecule has 0 radical (unpaired) electrons. The van der Waals surface area contributed by atoms with E-state index in [1.165, 1.54) is 0 Å². The van der Waals surface area contributed by atoms with Crippen LogP contribution in [-0.2, 0) is 11.2 Å². The van der Waals surface area contributed by atoms with Crippen LogP contribution in [-0.4, -0.2) is 44.2 Å². The molecule has 0 fully saturated rings. The maximum absolute atomic E-state index is 12.9. The van der Waals surface area contributed by atoms with Gasteiger partial charge < -0.3 is 18.9 Å². The SMILES string of the molecule is COc1ccc(C2=NN(C(=O)Cc3ccc4c(c3)OCO4)CC2(C)C)cc1OC. The zero-order valence-corrected chi connectivity index (χ0v) is 17.0. The topological polar surface area (TPSA) is 69.6 Å². The van der Waals surface area contributed by atoms with Gasteiger partial charge in [-0.3, -0.25) is 4.79 Å². The number of hydrogen-bond acceptors (Lipinski definition) is 6. The number of carbonyl (C=O) groups is 1. The molecule has 4 rings (SSSR count). The van der Waals surface area contributed by atoms with Crippen LogP contribution in [0.3, 0.4) is 0 Å². The number of hydrazone groups is 1. The number of nitrogens with zero attached hydrogens (tertiary/aromatic N) is 2. The summed E-state index contributed by atoms with van der Waals surface area (Å²) in [5.74, 6) is 2.60. The van der Waals surface area contributed by atoms with Gasteiger partial charge in [-0.2, -0.15) is 5.10 Å². The van der Waals surface area contributed by atoms with Gasteiger partial charge in [-0.05, 0) is 35.9 Å². The van der Waals surface area contributed by atoms with Gasteiger partial charge in [-0.25, -0.2) is 5.01 Å². The Labute approximate surface area is 169 Å². The number of hydrogen-bond donors (Lipinski definition) is 0. The number of methoxy groups -OCH3 is 2. The monoisotopic (exact) mass is 396 g/mol. The summed E-state index contributed by atoms with van der Waals surface area (Å²) in [5, 5.41) is 6.21. The van der Waals surface area contributed by atoms with Crippen molar-refractivity contribution in [2.75, 3.05) is 27.6 Å². The Kier molecular flexibility index (Phi) is 4.82. The van der Waals surface area contributed by atoms with Crippen LogP contribution >= 0.6 is 0 Å². The molecule has 0 aromatic heterocycles. The van der Waals surface area contributed by atoms with Gasteiger partial charge in [-0.15, -0.1) is 0 Å². The lowest BCUT2D eigenvalue weighted by molar-refractivity contribution is -0.130. The van der Waals surface area contributed by atoms with E-state index < -0.39 is 0 Å². The number of benzene rings is 2. The molecule has 1 amide bonds. The highest BCUT2D eigenvalue weighted by molar-refractivity contribution is 6.07. The minimum absolute atomic E-state index is 0.0626. The highest BCUT2D eigenvalue weighted by Crippen LogP contribution is 2.36. The fourth-order valence-electron chi connectivity index (χ4n) is 3.63. The molecule has 152 valence electrons. The maximum atomic E-state index is 12.9. The Morgan fingerprint density at radius 1 is 1.07 bits per heavy atom. The second kappa shape index (κ2) is 7.31. The highest BCUT2D eigenvalue weighted by Gasteiger charge is 2.37. The molecule has 0 unspecified atom stereocenters. The van der Waals surface area contributed by atoms with Gasteiger partial charge >= 0.3 is 0 Å². The minimum Gasteiger partial charge on any atom is -0.493 e. The molecule has 2 aliphatic rings. The van der Waals surface area contributed by atoms with Crippen molar-refractivity contribution in [2.45, 2.75) is 20.3 Å². The van der Waals surface area contributed by atoms with E-state index in [4.69, 9.17) is 18.9 Å². The van der Waals surface area contributed by atoms with Crippen molar-refractivity contribution >= 4 is 11.6 Å². The van der Waals surface area contributed by atoms with Crippen LogP contribution in [0.4, 0.5) is 0 Å². The Balaban J connectivity index is 1.56. The van der Waals surface area contributed by atoms with Gasteiger partial charge in [0.1, 0.15) is 0 Å². The van der Waals surface area contributed by atoms with Crippen molar-refractivity contribution in [2.24, 2.45) is 10.5 Å². The molecule has 2 aliphatic heterocycles. The molecule has 0 saturated heterocycles. The summed E-state index contributed by atoms with van der Waals surface area (Å²) < 4.78 is 21.5. The molecule has 2 aromatic rings. The number of fused-ring (bicyclic) bond motifs is 1. The molecule has 29 heavy (non-hydrogen) atoms. The first-order valence-electron chi connectivity index (χ1n) is 9.41. The van der Waals surface area contributed by atoms with Gasteiger partial charge in [0.05, 0.1) is 32.9 Å². The lowest BCUT2D eigenvalue weighted by Crippen LogP contribution is -2.32. The van der Waals surface area contributed by atoms with E-state index in [-0.39, 0.29) is 24.5 Å². The van der Waals surface area contributed by atoms with E-state index in [1.54, 1.807) is 19.2 Å². The second-order valence-electron chi connectivity index (χ2n) is 7.72. The fourth-order valence-corrected chi connectivity index (χ4v) is 3.63. The van der Waals surface area contributed by atoms with Crippen molar-refractivity contribution in [3.63, 3.8) is 0 Å². The third-order valence-corrected chi connectivity index (χ3v) is 5.14. The van der Waals surface area contributed by atoms with Gasteiger partial charge in [0.2, 0.25) is 12.7 Å². The predicted octanol–water partition coefficient (Wildman–Crippen LogP) is 3.25. The van der Waals surface area contributed by atoms with E-state index >= 15 is 0 Å². The molecular formula is C22H24N2O5. The summed E-state index contributed by atoms with van der Waals surface area (Å²) in [4.78, 5) is 12.9. The first-order chi connectivity index (χ1) is 13.9. The van der Waals surface area contributed by atoms with E-state index in [2.05, 4.69) is 18.9 Å². The molecule has 2 aromatic carbocycles. The molecule has 0 N–H and O–H groups in total. The Bertz CT molecular complexity index is 983. The molecule has 0 aliphatic carbocycles. The molecule has 2 heterocycles. The van der Waals surface area contributed by atoms with Crippen LogP contribution < -0.4 is 18.9 Å². The predicted molar refractivity (Wildman–Crippen MR) is 108 cm³/mol. The summed E-state index contributed by atoms with van der Waals surface area (Å²) in [6, 6.07) is 11.2. The number of rotatable bonds is 5. The summed E-state index contributed by atoms with van der Waals surface area (Å²) >= 11 is 0. The summed E-state index contributed by atoms with van der Waals surface area (Å²) in [7, 11) is 3.20. The first kappa shape index (κ1) is 19.1. The third-order valence-electron chi connectivity index (χ3n) is 5.14. The largest absolute Gasteiger partial charge is 0.493 e. The van der Waals surface area contributed by atoms with Gasteiger partial charge in [-0.1, -0.05) is 19.9 Å². The lowest BCUT2D eigenvalue weighted by atomic mass is 9.84. The van der Waals surface area contributed by atoms with E-state index in [9.17, 15) is 4.79 Å². The summed E-state index contributed by atoms with van der Waals surface area (Å²) in [5.41, 5.74) is 2.33. The van der Waals surface area contributed by atoms with E-state index in [0.29, 0.717) is 29.5 Å². The first-order valence-corrected chi connectivity index (χ1v) is 9.41. The van der Waals surface area contributed by atoms with Gasteiger partial charge in [0.15, 0.2) is 23.0 Å². The van der Waals surface area contributed by atoms with Crippen LogP contribution in [0.15, 0.2) is 41.5 Å². The van der Waals surface area contributed by atoms with Gasteiger partial charge in [0, 0.05) is 11.0 Å². The number of amides is 1. The molecular weight excluding hydrogens is 372 g/mol. The average Bonchev–Trinajstić information content (AvgIpc) is 3.30. The zero-order valence-electron chi connectivity index (χ0n) is 17.0. The summed E-state index contributed by atoms with van der Waals surface area (Å²) in [6.07, 6.45) is 0.245. The lowest BCUT2D eigenvalue weighted by Gasteiger charge is -2.21. The Morgan fingerprint density at radius 2 is 1.83 bits per heavy atom. The quantitative estimate of drug-likeness (QED) is 0.776. The van der Waals surface area contributed by atoms with Crippen molar-refractivity contribution in [1.82, 2.24) is 5.01 Å². The molecule has 0 spiro atoms. The fraction of sp³-hybridized carbons (Fsp3) is 0.364. The smallest absolute Gasteiger partial charge is 0.247 e. The van der Waals surface area contributed by atoms with E-state index in [0.717, 1.165) is 16.8 Å². The van der Waals surface area contributed by atoms with E-state index in [1.807, 2.05) is 36.4 Å². The Morgan fingerprint density at radius 3 is 2.59 bits per heavy atom. The molecule has 0 bridgehead atoms. The maximum Gasteiger partial charge on any atom is 0.247 e. The Hall–Kier alpha value is -3.22. The number of carbonyl (C=O) groups excluding carboxylic acids is 1. The highest BCUT2D eigenvalue weighted by atomic mass is 16.7.